The van der Waals surface area contributed by atoms with Crippen LogP contribution in [-0.4, -0.2) is 7.11 Å². The van der Waals surface area contributed by atoms with Crippen LogP contribution in [-0.2, 0) is 6.42 Å². The molecule has 0 saturated heterocycles. The van der Waals surface area contributed by atoms with E-state index in [0.29, 0.717) is 0 Å². The van der Waals surface area contributed by atoms with E-state index in [-0.39, 0.29) is 5.41 Å². The van der Waals surface area contributed by atoms with Crippen molar-refractivity contribution in [1.82, 2.24) is 0 Å². The van der Waals surface area contributed by atoms with Gasteiger partial charge in [0.05, 0.1) is 18.6 Å². The van der Waals surface area contributed by atoms with Gasteiger partial charge in [-0.2, -0.15) is 5.26 Å². The second kappa shape index (κ2) is 6.10. The first-order valence-corrected chi connectivity index (χ1v) is 7.25. The van der Waals surface area contributed by atoms with Gasteiger partial charge in [-0.25, -0.2) is 0 Å². The summed E-state index contributed by atoms with van der Waals surface area (Å²) < 4.78 is 5.26. The third-order valence-electron chi connectivity index (χ3n) is 4.55. The largest absolute Gasteiger partial charge is 0.497 e. The summed E-state index contributed by atoms with van der Waals surface area (Å²) in [5.41, 5.74) is 1.06. The van der Waals surface area contributed by atoms with E-state index in [0.717, 1.165) is 30.9 Å². The molecule has 2 heteroatoms. The van der Waals surface area contributed by atoms with E-state index in [4.69, 9.17) is 4.74 Å². The quantitative estimate of drug-likeness (QED) is 0.803. The Morgan fingerprint density at radius 3 is 2.68 bits per heavy atom. The van der Waals surface area contributed by atoms with Crippen molar-refractivity contribution in [3.05, 3.63) is 29.8 Å². The molecule has 2 nitrogen and oxygen atoms in total. The van der Waals surface area contributed by atoms with E-state index in [2.05, 4.69) is 25.1 Å². The molecule has 19 heavy (non-hydrogen) atoms. The number of hydrogen-bond donors (Lipinski definition) is 0. The second-order valence-corrected chi connectivity index (χ2v) is 5.77. The number of benzene rings is 1. The van der Waals surface area contributed by atoms with Crippen molar-refractivity contribution in [2.45, 2.75) is 45.4 Å². The summed E-state index contributed by atoms with van der Waals surface area (Å²) in [6.45, 7) is 2.26. The summed E-state index contributed by atoms with van der Waals surface area (Å²) >= 11 is 0. The molecule has 1 aliphatic rings. The summed E-state index contributed by atoms with van der Waals surface area (Å²) in [6.07, 6.45) is 6.60. The average molecular weight is 257 g/mol. The average Bonchev–Trinajstić information content (AvgIpc) is 2.48. The van der Waals surface area contributed by atoms with Gasteiger partial charge >= 0.3 is 0 Å². The Morgan fingerprint density at radius 1 is 1.37 bits per heavy atom. The van der Waals surface area contributed by atoms with Gasteiger partial charge in [-0.3, -0.25) is 0 Å². The molecule has 2 rings (SSSR count). The van der Waals surface area contributed by atoms with Crippen LogP contribution in [0.15, 0.2) is 24.3 Å². The van der Waals surface area contributed by atoms with Crippen molar-refractivity contribution in [2.24, 2.45) is 11.3 Å². The standard InChI is InChI=1S/C17H23NO/c1-3-14-7-9-17(13-18,10-8-14)12-15-5-4-6-16(11-15)19-2/h4-6,11,14H,3,7-10,12H2,1-2H3. The molecule has 0 bridgehead atoms. The van der Waals surface area contributed by atoms with Crippen LogP contribution in [0.4, 0.5) is 0 Å². The van der Waals surface area contributed by atoms with Crippen LogP contribution in [0.25, 0.3) is 0 Å². The highest BCUT2D eigenvalue weighted by molar-refractivity contribution is 5.30. The van der Waals surface area contributed by atoms with Crippen molar-refractivity contribution in [2.75, 3.05) is 7.11 Å². The minimum absolute atomic E-state index is 0.155. The summed E-state index contributed by atoms with van der Waals surface area (Å²) in [5, 5.41) is 9.61. The number of nitriles is 1. The fourth-order valence-electron chi connectivity index (χ4n) is 3.14. The number of ether oxygens (including phenoxy) is 1. The lowest BCUT2D eigenvalue weighted by atomic mass is 9.68. The lowest BCUT2D eigenvalue weighted by molar-refractivity contribution is 0.205. The topological polar surface area (TPSA) is 33.0 Å². The third kappa shape index (κ3) is 3.29. The van der Waals surface area contributed by atoms with E-state index in [1.54, 1.807) is 7.11 Å². The Kier molecular flexibility index (Phi) is 4.47. The molecule has 1 saturated carbocycles. The third-order valence-corrected chi connectivity index (χ3v) is 4.55. The molecule has 0 unspecified atom stereocenters. The summed E-state index contributed by atoms with van der Waals surface area (Å²) in [7, 11) is 1.69. The Bertz CT molecular complexity index is 453. The normalized spacial score (nSPS) is 26.7. The van der Waals surface area contributed by atoms with Gasteiger partial charge in [0.15, 0.2) is 0 Å². The minimum atomic E-state index is -0.155. The molecule has 0 N–H and O–H groups in total. The molecule has 0 spiro atoms. The van der Waals surface area contributed by atoms with Crippen LogP contribution < -0.4 is 4.74 Å². The van der Waals surface area contributed by atoms with Crippen molar-refractivity contribution < 1.29 is 4.74 Å². The maximum atomic E-state index is 9.61. The van der Waals surface area contributed by atoms with Crippen molar-refractivity contribution in [1.29, 1.82) is 5.26 Å². The van der Waals surface area contributed by atoms with Crippen molar-refractivity contribution in [3.8, 4) is 11.8 Å². The van der Waals surface area contributed by atoms with Gasteiger partial charge in [0.25, 0.3) is 0 Å². The first kappa shape index (κ1) is 13.9. The van der Waals surface area contributed by atoms with E-state index < -0.39 is 0 Å². The lowest BCUT2D eigenvalue weighted by Crippen LogP contribution is -2.28. The van der Waals surface area contributed by atoms with Gasteiger partial charge in [0.1, 0.15) is 5.75 Å². The number of hydrogen-bond acceptors (Lipinski definition) is 2. The Morgan fingerprint density at radius 2 is 2.11 bits per heavy atom. The van der Waals surface area contributed by atoms with Gasteiger partial charge < -0.3 is 4.74 Å². The van der Waals surface area contributed by atoms with Crippen molar-refractivity contribution in [3.63, 3.8) is 0 Å². The molecule has 0 aliphatic heterocycles. The number of rotatable bonds is 4. The maximum Gasteiger partial charge on any atom is 0.119 e. The van der Waals surface area contributed by atoms with E-state index in [9.17, 15) is 5.26 Å². The van der Waals surface area contributed by atoms with Gasteiger partial charge in [0.2, 0.25) is 0 Å². The zero-order valence-corrected chi connectivity index (χ0v) is 12.0. The van der Waals surface area contributed by atoms with Gasteiger partial charge in [0, 0.05) is 0 Å². The van der Waals surface area contributed by atoms with Crippen LogP contribution in [0.3, 0.4) is 0 Å². The second-order valence-electron chi connectivity index (χ2n) is 5.77. The predicted octanol–water partition coefficient (Wildman–Crippen LogP) is 4.35. The monoisotopic (exact) mass is 257 g/mol. The van der Waals surface area contributed by atoms with E-state index in [1.165, 1.54) is 24.8 Å². The first-order valence-electron chi connectivity index (χ1n) is 7.25. The van der Waals surface area contributed by atoms with Crippen molar-refractivity contribution >= 4 is 0 Å². The SMILES string of the molecule is CCC1CCC(C#N)(Cc2cccc(OC)c2)CC1. The van der Waals surface area contributed by atoms with Gasteiger partial charge in [-0.1, -0.05) is 25.5 Å². The smallest absolute Gasteiger partial charge is 0.119 e. The highest BCUT2D eigenvalue weighted by Crippen LogP contribution is 2.42. The van der Waals surface area contributed by atoms with E-state index in [1.807, 2.05) is 12.1 Å². The zero-order valence-electron chi connectivity index (χ0n) is 12.0. The molecule has 0 aromatic heterocycles. The predicted molar refractivity (Wildman–Crippen MR) is 77.0 cm³/mol. The lowest BCUT2D eigenvalue weighted by Gasteiger charge is -2.34. The fourth-order valence-corrected chi connectivity index (χ4v) is 3.14. The number of nitrogens with zero attached hydrogens (tertiary/aromatic N) is 1. The Labute approximate surface area is 116 Å². The van der Waals surface area contributed by atoms with E-state index >= 15 is 0 Å². The van der Waals surface area contributed by atoms with Crippen LogP contribution >= 0.6 is 0 Å². The molecule has 1 aromatic carbocycles. The summed E-state index contributed by atoms with van der Waals surface area (Å²) in [5.74, 6) is 1.71. The first-order chi connectivity index (χ1) is 9.21. The maximum absolute atomic E-state index is 9.61. The molecule has 102 valence electrons. The van der Waals surface area contributed by atoms with Crippen LogP contribution in [0.2, 0.25) is 0 Å². The Balaban J connectivity index is 2.09. The van der Waals surface area contributed by atoms with Gasteiger partial charge in [-0.15, -0.1) is 0 Å². The molecule has 0 amide bonds. The Hall–Kier alpha value is -1.49. The minimum Gasteiger partial charge on any atom is -0.497 e. The molecule has 0 heterocycles. The summed E-state index contributed by atoms with van der Waals surface area (Å²) in [4.78, 5) is 0. The molecule has 0 atom stereocenters. The molecule has 1 aromatic rings. The van der Waals surface area contributed by atoms with Crippen LogP contribution in [0, 0.1) is 22.7 Å². The highest BCUT2D eigenvalue weighted by Gasteiger charge is 2.35. The molecular weight excluding hydrogens is 234 g/mol. The highest BCUT2D eigenvalue weighted by atomic mass is 16.5. The molecule has 1 aliphatic carbocycles. The molecule has 0 radical (unpaired) electrons. The zero-order chi connectivity index (χ0) is 13.7. The molecular formula is C17H23NO. The molecule has 1 fully saturated rings. The van der Waals surface area contributed by atoms with Crippen LogP contribution in [0.5, 0.6) is 5.75 Å². The number of methoxy groups -OCH3 is 1. The summed E-state index contributed by atoms with van der Waals surface area (Å²) in [6, 6.07) is 10.7. The fraction of sp³-hybridized carbons (Fsp3) is 0.588. The van der Waals surface area contributed by atoms with Crippen LogP contribution in [0.1, 0.15) is 44.6 Å². The van der Waals surface area contributed by atoms with Gasteiger partial charge in [-0.05, 0) is 55.7 Å².